The molecule has 0 fully saturated rings. The fourth-order valence-corrected chi connectivity index (χ4v) is 2.82. The number of hydrogen-bond acceptors (Lipinski definition) is 5. The van der Waals surface area contributed by atoms with E-state index in [2.05, 4.69) is 9.97 Å². The largest absolute Gasteiger partial charge is 0.490 e. The predicted octanol–water partition coefficient (Wildman–Crippen LogP) is 4.55. The van der Waals surface area contributed by atoms with Crippen LogP contribution in [-0.2, 0) is 0 Å². The Morgan fingerprint density at radius 2 is 1.77 bits per heavy atom. The maximum absolute atomic E-state index is 11.5. The zero-order valence-corrected chi connectivity index (χ0v) is 15.3. The van der Waals surface area contributed by atoms with E-state index in [-0.39, 0.29) is 11.4 Å². The molecular weight excluding hydrogens is 334 g/mol. The number of nitrogens with zero attached hydrogens (tertiary/aromatic N) is 2. The fraction of sp³-hybridized carbons (Fsp3) is 0.316. The van der Waals surface area contributed by atoms with Gasteiger partial charge in [0, 0.05) is 11.6 Å². The first-order valence-corrected chi connectivity index (χ1v) is 8.50. The van der Waals surface area contributed by atoms with Crippen molar-refractivity contribution in [3.63, 3.8) is 0 Å². The smallest absolute Gasteiger partial charge is 0.315 e. The highest BCUT2D eigenvalue weighted by Crippen LogP contribution is 2.41. The van der Waals surface area contributed by atoms with Gasteiger partial charge in [-0.05, 0) is 57.0 Å². The molecular formula is C19H21N3O4. The molecule has 0 atom stereocenters. The summed E-state index contributed by atoms with van der Waals surface area (Å²) in [6, 6.07) is 7.20. The second kappa shape index (κ2) is 7.03. The molecule has 0 saturated heterocycles. The molecule has 1 aromatic heterocycles. The molecule has 3 rings (SSSR count). The lowest BCUT2D eigenvalue weighted by Gasteiger charge is -2.12. The summed E-state index contributed by atoms with van der Waals surface area (Å²) in [5.41, 5.74) is 4.44. The third-order valence-electron chi connectivity index (χ3n) is 4.19. The number of nitro benzene ring substituents is 1. The summed E-state index contributed by atoms with van der Waals surface area (Å²) < 4.78 is 11.0. The molecule has 26 heavy (non-hydrogen) atoms. The molecule has 0 unspecified atom stereocenters. The molecule has 0 saturated carbocycles. The van der Waals surface area contributed by atoms with E-state index in [4.69, 9.17) is 9.47 Å². The average molecular weight is 355 g/mol. The monoisotopic (exact) mass is 355 g/mol. The third-order valence-corrected chi connectivity index (χ3v) is 4.19. The third kappa shape index (κ3) is 3.20. The van der Waals surface area contributed by atoms with Crippen molar-refractivity contribution in [1.29, 1.82) is 0 Å². The van der Waals surface area contributed by atoms with E-state index in [1.165, 1.54) is 6.07 Å². The van der Waals surface area contributed by atoms with Gasteiger partial charge >= 0.3 is 5.69 Å². The van der Waals surface area contributed by atoms with Crippen LogP contribution in [0.3, 0.4) is 0 Å². The number of nitrogens with one attached hydrogen (secondary N) is 1. The number of hydrogen-bond donors (Lipinski definition) is 1. The second-order valence-corrected chi connectivity index (χ2v) is 5.98. The summed E-state index contributed by atoms with van der Waals surface area (Å²) in [5, 5.41) is 11.5. The quantitative estimate of drug-likeness (QED) is 0.517. The standard InChI is InChI=1S/C19H21N3O4/c1-5-25-17-10-13(9-16(22(23)24)18(17)26-6-2)19-20-14-7-11(3)12(4)8-15(14)21-19/h7-10H,5-6H2,1-4H3,(H,20,21). The number of aromatic amines is 1. The maximum atomic E-state index is 11.5. The Balaban J connectivity index is 2.19. The molecule has 0 aliphatic carbocycles. The molecule has 2 aromatic carbocycles. The van der Waals surface area contributed by atoms with Crippen molar-refractivity contribution in [3.05, 3.63) is 45.5 Å². The van der Waals surface area contributed by atoms with Crippen molar-refractivity contribution < 1.29 is 14.4 Å². The Labute approximate surface area is 151 Å². The van der Waals surface area contributed by atoms with E-state index in [0.717, 1.165) is 22.2 Å². The first-order valence-electron chi connectivity index (χ1n) is 8.50. The minimum absolute atomic E-state index is 0.138. The van der Waals surface area contributed by atoms with Gasteiger partial charge in [0.25, 0.3) is 0 Å². The van der Waals surface area contributed by atoms with Crippen LogP contribution in [0.15, 0.2) is 24.3 Å². The minimum Gasteiger partial charge on any atom is -0.490 e. The van der Waals surface area contributed by atoms with Crippen LogP contribution in [0.25, 0.3) is 22.4 Å². The molecule has 1 heterocycles. The zero-order valence-electron chi connectivity index (χ0n) is 15.3. The molecule has 0 aliphatic rings. The molecule has 7 heteroatoms. The van der Waals surface area contributed by atoms with Gasteiger partial charge in [-0.15, -0.1) is 0 Å². The topological polar surface area (TPSA) is 90.3 Å². The van der Waals surface area contributed by atoms with Gasteiger partial charge in [0.05, 0.1) is 29.2 Å². The summed E-state index contributed by atoms with van der Waals surface area (Å²) in [6.45, 7) is 8.34. The van der Waals surface area contributed by atoms with Gasteiger partial charge in [0.2, 0.25) is 5.75 Å². The number of ether oxygens (including phenoxy) is 2. The maximum Gasteiger partial charge on any atom is 0.315 e. The Bertz CT molecular complexity index is 940. The Morgan fingerprint density at radius 3 is 2.42 bits per heavy atom. The van der Waals surface area contributed by atoms with Crippen LogP contribution in [0.1, 0.15) is 25.0 Å². The second-order valence-electron chi connectivity index (χ2n) is 5.98. The minimum atomic E-state index is -0.464. The highest BCUT2D eigenvalue weighted by molar-refractivity contribution is 5.82. The Kier molecular flexibility index (Phi) is 4.79. The van der Waals surface area contributed by atoms with Gasteiger partial charge in [0.15, 0.2) is 5.75 Å². The number of rotatable bonds is 6. The zero-order chi connectivity index (χ0) is 18.8. The van der Waals surface area contributed by atoms with Crippen molar-refractivity contribution in [1.82, 2.24) is 9.97 Å². The molecule has 0 radical (unpaired) electrons. The van der Waals surface area contributed by atoms with E-state index in [0.29, 0.717) is 30.4 Å². The van der Waals surface area contributed by atoms with Gasteiger partial charge in [-0.1, -0.05) is 0 Å². The van der Waals surface area contributed by atoms with Gasteiger partial charge in [-0.2, -0.15) is 0 Å². The highest BCUT2D eigenvalue weighted by Gasteiger charge is 2.24. The van der Waals surface area contributed by atoms with Gasteiger partial charge < -0.3 is 14.5 Å². The van der Waals surface area contributed by atoms with E-state index in [9.17, 15) is 10.1 Å². The fourth-order valence-electron chi connectivity index (χ4n) is 2.82. The van der Waals surface area contributed by atoms with Crippen LogP contribution >= 0.6 is 0 Å². The molecule has 0 aliphatic heterocycles. The summed E-state index contributed by atoms with van der Waals surface area (Å²) >= 11 is 0. The predicted molar refractivity (Wildman–Crippen MR) is 100.0 cm³/mol. The lowest BCUT2D eigenvalue weighted by Crippen LogP contribution is -2.03. The average Bonchev–Trinajstić information content (AvgIpc) is 2.99. The Hall–Kier alpha value is -3.09. The van der Waals surface area contributed by atoms with Crippen molar-refractivity contribution >= 4 is 16.7 Å². The number of aromatic nitrogens is 2. The van der Waals surface area contributed by atoms with Crippen LogP contribution < -0.4 is 9.47 Å². The van der Waals surface area contributed by atoms with Crippen molar-refractivity contribution in [3.8, 4) is 22.9 Å². The lowest BCUT2D eigenvalue weighted by atomic mass is 10.1. The normalized spacial score (nSPS) is 10.9. The Morgan fingerprint density at radius 1 is 1.08 bits per heavy atom. The molecule has 0 amide bonds. The van der Waals surface area contributed by atoms with E-state index in [1.54, 1.807) is 13.0 Å². The first-order chi connectivity index (χ1) is 12.4. The van der Waals surface area contributed by atoms with Gasteiger partial charge in [-0.3, -0.25) is 10.1 Å². The number of H-pyrrole nitrogens is 1. The summed E-state index contributed by atoms with van der Waals surface area (Å²) in [4.78, 5) is 18.9. The molecule has 1 N–H and O–H groups in total. The van der Waals surface area contributed by atoms with Gasteiger partial charge in [0.1, 0.15) is 5.82 Å². The van der Waals surface area contributed by atoms with Crippen LogP contribution in [-0.4, -0.2) is 28.1 Å². The highest BCUT2D eigenvalue weighted by atomic mass is 16.6. The number of imidazole rings is 1. The number of benzene rings is 2. The van der Waals surface area contributed by atoms with Crippen molar-refractivity contribution in [2.75, 3.05) is 13.2 Å². The molecule has 7 nitrogen and oxygen atoms in total. The molecule has 3 aromatic rings. The van der Waals surface area contributed by atoms with E-state index in [1.807, 2.05) is 32.9 Å². The van der Waals surface area contributed by atoms with Crippen molar-refractivity contribution in [2.24, 2.45) is 0 Å². The van der Waals surface area contributed by atoms with Gasteiger partial charge in [-0.25, -0.2) is 4.98 Å². The lowest BCUT2D eigenvalue weighted by molar-refractivity contribution is -0.385. The molecule has 136 valence electrons. The van der Waals surface area contributed by atoms with Crippen LogP contribution in [0.4, 0.5) is 5.69 Å². The van der Waals surface area contributed by atoms with E-state index < -0.39 is 4.92 Å². The number of fused-ring (bicyclic) bond motifs is 1. The number of aryl methyl sites for hydroxylation is 2. The van der Waals surface area contributed by atoms with Crippen LogP contribution in [0, 0.1) is 24.0 Å². The van der Waals surface area contributed by atoms with Crippen LogP contribution in [0.2, 0.25) is 0 Å². The molecule has 0 bridgehead atoms. The summed E-state index contributed by atoms with van der Waals surface area (Å²) in [7, 11) is 0. The SMILES string of the molecule is CCOc1cc(-c2nc3cc(C)c(C)cc3[nH]2)cc([N+](=O)[O-])c1OCC. The summed E-state index contributed by atoms with van der Waals surface area (Å²) in [5.74, 6) is 1.04. The van der Waals surface area contributed by atoms with E-state index >= 15 is 0 Å². The number of nitro groups is 1. The first kappa shape index (κ1) is 17.7. The summed E-state index contributed by atoms with van der Waals surface area (Å²) in [6.07, 6.45) is 0. The van der Waals surface area contributed by atoms with Crippen LogP contribution in [0.5, 0.6) is 11.5 Å². The van der Waals surface area contributed by atoms with Crippen molar-refractivity contribution in [2.45, 2.75) is 27.7 Å². The molecule has 0 spiro atoms.